The first-order chi connectivity index (χ1) is 4.77. The van der Waals surface area contributed by atoms with E-state index in [4.69, 9.17) is 10.5 Å². The fourth-order valence-electron chi connectivity index (χ4n) is 0.594. The maximum atomic E-state index is 5.29. The minimum atomic E-state index is 0. The number of ether oxygens (including phenoxy) is 1. The van der Waals surface area contributed by atoms with Crippen LogP contribution in [0.5, 0.6) is 0 Å². The number of hydrogen-bond donors (Lipinski definition) is 2. The Morgan fingerprint density at radius 2 is 2.20 bits per heavy atom. The Morgan fingerprint density at radius 1 is 1.50 bits per heavy atom. The Balaban J connectivity index is 0. The molecule has 0 aromatic carbocycles. The molecule has 3 N–H and O–H groups in total. The third-order valence-corrected chi connectivity index (χ3v) is 1.05. The molecule has 0 fully saturated rings. The second-order valence-electron chi connectivity index (χ2n) is 2.46. The van der Waals surface area contributed by atoms with Crippen molar-refractivity contribution in [3.63, 3.8) is 0 Å². The van der Waals surface area contributed by atoms with Crippen molar-refractivity contribution in [2.75, 3.05) is 26.2 Å². The average Bonchev–Trinajstić information content (AvgIpc) is 1.87. The summed E-state index contributed by atoms with van der Waals surface area (Å²) in [5.41, 5.74) is 5.27. The summed E-state index contributed by atoms with van der Waals surface area (Å²) in [6.45, 7) is 7.31. The molecule has 0 aromatic heterocycles. The smallest absolute Gasteiger partial charge is 0.0594 e. The van der Waals surface area contributed by atoms with Crippen LogP contribution in [0.2, 0.25) is 0 Å². The molecule has 0 radical (unpaired) electrons. The van der Waals surface area contributed by atoms with E-state index in [-0.39, 0.29) is 1.43 Å². The van der Waals surface area contributed by atoms with Gasteiger partial charge >= 0.3 is 0 Å². The van der Waals surface area contributed by atoms with Crippen LogP contribution in [0.25, 0.3) is 0 Å². The molecule has 0 spiro atoms. The Labute approximate surface area is 64.4 Å². The van der Waals surface area contributed by atoms with E-state index in [9.17, 15) is 0 Å². The lowest BCUT2D eigenvalue weighted by atomic mass is 10.5. The van der Waals surface area contributed by atoms with Crippen LogP contribution in [-0.2, 0) is 4.74 Å². The monoisotopic (exact) mass is 148 g/mol. The van der Waals surface area contributed by atoms with Crippen molar-refractivity contribution >= 4 is 0 Å². The van der Waals surface area contributed by atoms with Crippen molar-refractivity contribution in [2.45, 2.75) is 20.0 Å². The summed E-state index contributed by atoms with van der Waals surface area (Å²) in [4.78, 5) is 0. The van der Waals surface area contributed by atoms with Gasteiger partial charge < -0.3 is 15.8 Å². The lowest BCUT2D eigenvalue weighted by molar-refractivity contribution is 0.0810. The van der Waals surface area contributed by atoms with Crippen molar-refractivity contribution in [2.24, 2.45) is 5.73 Å². The number of nitrogens with two attached hydrogens (primary N) is 1. The molecule has 0 saturated heterocycles. The minimum Gasteiger partial charge on any atom is -0.377 e. The highest BCUT2D eigenvalue weighted by molar-refractivity contribution is 4.46. The van der Waals surface area contributed by atoms with Gasteiger partial charge in [-0.05, 0) is 13.8 Å². The van der Waals surface area contributed by atoms with Crippen LogP contribution < -0.4 is 11.1 Å². The SMILES string of the molecule is CC(C)OCCNCCN.[HH]. The third-order valence-electron chi connectivity index (χ3n) is 1.05. The van der Waals surface area contributed by atoms with Crippen LogP contribution in [-0.4, -0.2) is 32.3 Å². The van der Waals surface area contributed by atoms with E-state index in [1.807, 2.05) is 13.8 Å². The predicted molar refractivity (Wildman–Crippen MR) is 45.1 cm³/mol. The van der Waals surface area contributed by atoms with Crippen LogP contribution in [0, 0.1) is 0 Å². The van der Waals surface area contributed by atoms with Gasteiger partial charge in [-0.1, -0.05) is 0 Å². The van der Waals surface area contributed by atoms with Crippen molar-refractivity contribution in [1.82, 2.24) is 5.32 Å². The molecule has 64 valence electrons. The van der Waals surface area contributed by atoms with E-state index >= 15 is 0 Å². The largest absolute Gasteiger partial charge is 0.377 e. The highest BCUT2D eigenvalue weighted by Crippen LogP contribution is 1.84. The quantitative estimate of drug-likeness (QED) is 0.529. The van der Waals surface area contributed by atoms with Crippen LogP contribution in [0.1, 0.15) is 15.3 Å². The van der Waals surface area contributed by atoms with Crippen molar-refractivity contribution in [3.05, 3.63) is 0 Å². The molecular formula is C7H20N2O. The maximum absolute atomic E-state index is 5.29. The second-order valence-corrected chi connectivity index (χ2v) is 2.46. The van der Waals surface area contributed by atoms with Crippen LogP contribution in [0.15, 0.2) is 0 Å². The molecule has 0 rings (SSSR count). The number of nitrogens with one attached hydrogen (secondary N) is 1. The molecule has 0 aliphatic heterocycles. The molecule has 0 atom stereocenters. The summed E-state index contributed by atoms with van der Waals surface area (Å²) in [5, 5.41) is 3.14. The molecule has 0 saturated carbocycles. The summed E-state index contributed by atoms with van der Waals surface area (Å²) in [6.07, 6.45) is 0.333. The van der Waals surface area contributed by atoms with Gasteiger partial charge in [0.05, 0.1) is 12.7 Å². The standard InChI is InChI=1S/C7H18N2O.H2/c1-7(2)10-6-5-9-4-3-8;/h7,9H,3-6,8H2,1-2H3;1H. The Hall–Kier alpha value is -0.120. The number of hydrogen-bond acceptors (Lipinski definition) is 3. The predicted octanol–water partition coefficient (Wildman–Crippen LogP) is 0.206. The summed E-state index contributed by atoms with van der Waals surface area (Å²) in [6, 6.07) is 0. The maximum Gasteiger partial charge on any atom is 0.0594 e. The summed E-state index contributed by atoms with van der Waals surface area (Å²) in [7, 11) is 0. The fourth-order valence-corrected chi connectivity index (χ4v) is 0.594. The minimum absolute atomic E-state index is 0. The molecule has 0 aromatic rings. The zero-order valence-electron chi connectivity index (χ0n) is 6.89. The van der Waals surface area contributed by atoms with Gasteiger partial charge in [0.25, 0.3) is 0 Å². The zero-order valence-corrected chi connectivity index (χ0v) is 6.89. The molecule has 0 aliphatic carbocycles. The van der Waals surface area contributed by atoms with Gasteiger partial charge in [0.15, 0.2) is 0 Å². The summed E-state index contributed by atoms with van der Waals surface area (Å²) < 4.78 is 5.29. The van der Waals surface area contributed by atoms with Crippen LogP contribution in [0.3, 0.4) is 0 Å². The molecule has 0 unspecified atom stereocenters. The zero-order chi connectivity index (χ0) is 7.82. The van der Waals surface area contributed by atoms with Crippen LogP contribution >= 0.6 is 0 Å². The molecule has 0 heterocycles. The first-order valence-corrected chi connectivity index (χ1v) is 3.79. The molecule has 10 heavy (non-hydrogen) atoms. The fraction of sp³-hybridized carbons (Fsp3) is 1.00. The molecule has 0 aliphatic rings. The first kappa shape index (κ1) is 9.88. The van der Waals surface area contributed by atoms with E-state index in [2.05, 4.69) is 5.32 Å². The van der Waals surface area contributed by atoms with E-state index in [0.29, 0.717) is 12.6 Å². The topological polar surface area (TPSA) is 47.3 Å². The third kappa shape index (κ3) is 7.88. The van der Waals surface area contributed by atoms with Gasteiger partial charge in [-0.2, -0.15) is 0 Å². The van der Waals surface area contributed by atoms with Crippen molar-refractivity contribution in [3.8, 4) is 0 Å². The van der Waals surface area contributed by atoms with Gasteiger partial charge in [0, 0.05) is 21.1 Å². The second kappa shape index (κ2) is 6.99. The first-order valence-electron chi connectivity index (χ1n) is 3.79. The van der Waals surface area contributed by atoms with Crippen LogP contribution in [0.4, 0.5) is 0 Å². The Bertz CT molecular complexity index is 71.5. The van der Waals surface area contributed by atoms with E-state index in [0.717, 1.165) is 19.7 Å². The van der Waals surface area contributed by atoms with E-state index < -0.39 is 0 Å². The van der Waals surface area contributed by atoms with E-state index in [1.165, 1.54) is 0 Å². The molecular weight excluding hydrogens is 128 g/mol. The lowest BCUT2D eigenvalue weighted by Gasteiger charge is -2.07. The highest BCUT2D eigenvalue weighted by atomic mass is 16.5. The molecule has 3 heteroatoms. The van der Waals surface area contributed by atoms with Gasteiger partial charge in [-0.3, -0.25) is 0 Å². The summed E-state index contributed by atoms with van der Waals surface area (Å²) in [5.74, 6) is 0. The van der Waals surface area contributed by atoms with Crippen molar-refractivity contribution in [1.29, 1.82) is 0 Å². The van der Waals surface area contributed by atoms with Gasteiger partial charge in [0.1, 0.15) is 0 Å². The van der Waals surface area contributed by atoms with Gasteiger partial charge in [-0.25, -0.2) is 0 Å². The molecule has 0 bridgehead atoms. The molecule has 0 amide bonds. The van der Waals surface area contributed by atoms with Crippen molar-refractivity contribution < 1.29 is 6.16 Å². The van der Waals surface area contributed by atoms with E-state index in [1.54, 1.807) is 0 Å². The Kier molecular flexibility index (Phi) is 6.91. The average molecular weight is 148 g/mol. The lowest BCUT2D eigenvalue weighted by Crippen LogP contribution is -2.26. The van der Waals surface area contributed by atoms with Gasteiger partial charge in [0.2, 0.25) is 0 Å². The number of rotatable bonds is 6. The Morgan fingerprint density at radius 3 is 2.70 bits per heavy atom. The summed E-state index contributed by atoms with van der Waals surface area (Å²) >= 11 is 0. The highest BCUT2D eigenvalue weighted by Gasteiger charge is 1.90. The normalized spacial score (nSPS) is 10.8. The molecule has 3 nitrogen and oxygen atoms in total. The van der Waals surface area contributed by atoms with Gasteiger partial charge in [-0.15, -0.1) is 0 Å².